The third-order valence-electron chi connectivity index (χ3n) is 2.69. The molecule has 0 aliphatic heterocycles. The van der Waals surface area contributed by atoms with E-state index in [2.05, 4.69) is 10.3 Å². The summed E-state index contributed by atoms with van der Waals surface area (Å²) in [6.07, 6.45) is 1.63. The fraction of sp³-hybridized carbons (Fsp3) is 0.538. The van der Waals surface area contributed by atoms with Crippen LogP contribution < -0.4 is 16.0 Å². The zero-order chi connectivity index (χ0) is 13.9. The summed E-state index contributed by atoms with van der Waals surface area (Å²) in [6, 6.07) is 3.11. The van der Waals surface area contributed by atoms with Gasteiger partial charge in [-0.1, -0.05) is 20.8 Å². The van der Waals surface area contributed by atoms with Crippen molar-refractivity contribution in [1.29, 1.82) is 0 Å². The summed E-state index contributed by atoms with van der Waals surface area (Å²) in [5, 5.41) is 2.77. The molecule has 0 fully saturated rings. The molecule has 1 aromatic rings. The highest BCUT2D eigenvalue weighted by Gasteiger charge is 2.27. The minimum Gasteiger partial charge on any atom is -0.363 e. The molecule has 0 spiro atoms. The SMILES string of the molecule is CN(C)c1ccc(NC(=O)C(N)C(C)(C)C)cn1. The number of nitrogens with zero attached hydrogens (tertiary/aromatic N) is 2. The molecule has 5 nitrogen and oxygen atoms in total. The molecule has 0 aliphatic carbocycles. The van der Waals surface area contributed by atoms with Crippen LogP contribution in [0.3, 0.4) is 0 Å². The van der Waals surface area contributed by atoms with Crippen LogP contribution in [0.15, 0.2) is 18.3 Å². The molecule has 5 heteroatoms. The third kappa shape index (κ3) is 3.70. The molecule has 0 radical (unpaired) electrons. The van der Waals surface area contributed by atoms with Gasteiger partial charge in [0.05, 0.1) is 17.9 Å². The maximum atomic E-state index is 11.9. The standard InChI is InChI=1S/C13H22N4O/c1-13(2,3)11(14)12(18)16-9-6-7-10(15-8-9)17(4)5/h6-8,11H,14H2,1-5H3,(H,16,18). The van der Waals surface area contributed by atoms with Gasteiger partial charge in [-0.3, -0.25) is 4.79 Å². The van der Waals surface area contributed by atoms with Gasteiger partial charge < -0.3 is 16.0 Å². The molecule has 1 rings (SSSR count). The molecule has 0 aromatic carbocycles. The van der Waals surface area contributed by atoms with E-state index in [-0.39, 0.29) is 11.3 Å². The van der Waals surface area contributed by atoms with Crippen molar-refractivity contribution in [3.63, 3.8) is 0 Å². The average molecular weight is 250 g/mol. The van der Waals surface area contributed by atoms with E-state index in [9.17, 15) is 4.79 Å². The summed E-state index contributed by atoms with van der Waals surface area (Å²) in [5.74, 6) is 0.648. The van der Waals surface area contributed by atoms with E-state index in [1.807, 2.05) is 51.9 Å². The second-order valence-electron chi connectivity index (χ2n) is 5.63. The maximum absolute atomic E-state index is 11.9. The zero-order valence-corrected chi connectivity index (χ0v) is 11.7. The van der Waals surface area contributed by atoms with Gasteiger partial charge in [0.25, 0.3) is 0 Å². The van der Waals surface area contributed by atoms with Gasteiger partial charge in [-0.25, -0.2) is 4.98 Å². The Morgan fingerprint density at radius 2 is 2.00 bits per heavy atom. The van der Waals surface area contributed by atoms with Gasteiger partial charge in [0.2, 0.25) is 5.91 Å². The lowest BCUT2D eigenvalue weighted by molar-refractivity contribution is -0.119. The Balaban J connectivity index is 2.71. The number of rotatable bonds is 3. The highest BCUT2D eigenvalue weighted by atomic mass is 16.2. The molecule has 1 atom stereocenters. The molecule has 1 heterocycles. The Kier molecular flexibility index (Phi) is 4.29. The Hall–Kier alpha value is -1.62. The van der Waals surface area contributed by atoms with Gasteiger partial charge in [-0.2, -0.15) is 0 Å². The highest BCUT2D eigenvalue weighted by Crippen LogP contribution is 2.19. The fourth-order valence-corrected chi connectivity index (χ4v) is 1.34. The predicted octanol–water partition coefficient (Wildman–Crippen LogP) is 1.46. The third-order valence-corrected chi connectivity index (χ3v) is 2.69. The summed E-state index contributed by atoms with van der Waals surface area (Å²) in [7, 11) is 3.83. The molecule has 18 heavy (non-hydrogen) atoms. The van der Waals surface area contributed by atoms with Crippen LogP contribution in [0.2, 0.25) is 0 Å². The number of carbonyl (C=O) groups excluding carboxylic acids is 1. The quantitative estimate of drug-likeness (QED) is 0.852. The van der Waals surface area contributed by atoms with E-state index in [1.54, 1.807) is 6.20 Å². The Morgan fingerprint density at radius 3 is 2.39 bits per heavy atom. The Morgan fingerprint density at radius 1 is 1.39 bits per heavy atom. The van der Waals surface area contributed by atoms with Gasteiger partial charge in [-0.05, 0) is 17.5 Å². The monoisotopic (exact) mass is 250 g/mol. The number of pyridine rings is 1. The number of nitrogens with one attached hydrogen (secondary N) is 1. The summed E-state index contributed by atoms with van der Waals surface area (Å²) in [4.78, 5) is 18.0. The minimum absolute atomic E-state index is 0.193. The summed E-state index contributed by atoms with van der Waals surface area (Å²) >= 11 is 0. The van der Waals surface area contributed by atoms with Gasteiger partial charge in [0, 0.05) is 14.1 Å². The minimum atomic E-state index is -0.550. The largest absolute Gasteiger partial charge is 0.363 e. The van der Waals surface area contributed by atoms with E-state index in [1.165, 1.54) is 0 Å². The number of carbonyl (C=O) groups is 1. The first-order valence-corrected chi connectivity index (χ1v) is 5.91. The van der Waals surface area contributed by atoms with Crippen LogP contribution in [-0.4, -0.2) is 31.0 Å². The normalized spacial score (nSPS) is 13.0. The second kappa shape index (κ2) is 5.35. The molecule has 3 N–H and O–H groups in total. The van der Waals surface area contributed by atoms with E-state index in [0.29, 0.717) is 5.69 Å². The van der Waals surface area contributed by atoms with Crippen LogP contribution in [0.25, 0.3) is 0 Å². The highest BCUT2D eigenvalue weighted by molar-refractivity contribution is 5.95. The van der Waals surface area contributed by atoms with Crippen molar-refractivity contribution in [3.8, 4) is 0 Å². The molecular formula is C13H22N4O. The molecule has 0 aliphatic rings. The van der Waals surface area contributed by atoms with Crippen molar-refractivity contribution in [1.82, 2.24) is 4.98 Å². The molecule has 0 saturated carbocycles. The lowest BCUT2D eigenvalue weighted by atomic mass is 9.87. The van der Waals surface area contributed by atoms with Crippen LogP contribution in [0.4, 0.5) is 11.5 Å². The van der Waals surface area contributed by atoms with E-state index < -0.39 is 6.04 Å². The van der Waals surface area contributed by atoms with E-state index in [4.69, 9.17) is 5.73 Å². The number of aromatic nitrogens is 1. The predicted molar refractivity (Wildman–Crippen MR) is 74.6 cm³/mol. The molecule has 1 amide bonds. The molecular weight excluding hydrogens is 228 g/mol. The first kappa shape index (κ1) is 14.4. The summed E-state index contributed by atoms with van der Waals surface area (Å²) in [6.45, 7) is 5.81. The van der Waals surface area contributed by atoms with Crippen LogP contribution >= 0.6 is 0 Å². The zero-order valence-electron chi connectivity index (χ0n) is 11.7. The van der Waals surface area contributed by atoms with Crippen LogP contribution in [0, 0.1) is 5.41 Å². The molecule has 0 saturated heterocycles. The maximum Gasteiger partial charge on any atom is 0.241 e. The molecule has 100 valence electrons. The van der Waals surface area contributed by atoms with Crippen molar-refractivity contribution < 1.29 is 4.79 Å². The average Bonchev–Trinajstić information content (AvgIpc) is 2.27. The lowest BCUT2D eigenvalue weighted by Crippen LogP contribution is -2.45. The number of hydrogen-bond donors (Lipinski definition) is 2. The van der Waals surface area contributed by atoms with Gasteiger partial charge in [0.1, 0.15) is 5.82 Å². The number of hydrogen-bond acceptors (Lipinski definition) is 4. The lowest BCUT2D eigenvalue weighted by Gasteiger charge is -2.25. The topological polar surface area (TPSA) is 71.2 Å². The van der Waals surface area contributed by atoms with Crippen molar-refractivity contribution in [2.75, 3.05) is 24.3 Å². The van der Waals surface area contributed by atoms with Gasteiger partial charge in [0.15, 0.2) is 0 Å². The Bertz CT molecular complexity index is 406. The fourth-order valence-electron chi connectivity index (χ4n) is 1.34. The van der Waals surface area contributed by atoms with Crippen LogP contribution in [0.1, 0.15) is 20.8 Å². The summed E-state index contributed by atoms with van der Waals surface area (Å²) in [5.41, 5.74) is 6.27. The van der Waals surface area contributed by atoms with Crippen molar-refractivity contribution >= 4 is 17.4 Å². The van der Waals surface area contributed by atoms with E-state index >= 15 is 0 Å². The number of anilines is 2. The molecule has 1 unspecified atom stereocenters. The van der Waals surface area contributed by atoms with Crippen molar-refractivity contribution in [3.05, 3.63) is 18.3 Å². The number of amides is 1. The Labute approximate surface area is 108 Å². The van der Waals surface area contributed by atoms with Crippen molar-refractivity contribution in [2.45, 2.75) is 26.8 Å². The van der Waals surface area contributed by atoms with Crippen LogP contribution in [0.5, 0.6) is 0 Å². The second-order valence-corrected chi connectivity index (χ2v) is 5.63. The van der Waals surface area contributed by atoms with Crippen molar-refractivity contribution in [2.24, 2.45) is 11.1 Å². The van der Waals surface area contributed by atoms with Gasteiger partial charge >= 0.3 is 0 Å². The molecule has 0 bridgehead atoms. The molecule has 1 aromatic heterocycles. The number of nitrogens with two attached hydrogens (primary N) is 1. The summed E-state index contributed by atoms with van der Waals surface area (Å²) < 4.78 is 0. The first-order valence-electron chi connectivity index (χ1n) is 5.91. The van der Waals surface area contributed by atoms with Crippen LogP contribution in [-0.2, 0) is 4.79 Å². The van der Waals surface area contributed by atoms with Gasteiger partial charge in [-0.15, -0.1) is 0 Å². The van der Waals surface area contributed by atoms with E-state index in [0.717, 1.165) is 5.82 Å². The first-order chi connectivity index (χ1) is 8.21. The smallest absolute Gasteiger partial charge is 0.241 e.